The van der Waals surface area contributed by atoms with E-state index >= 15 is 0 Å². The molecule has 30 heavy (non-hydrogen) atoms. The SMILES string of the molecule is COc1ccc(C(=O)N[C@H](C(=O)OCC(=O)Nc2cc(C)cc(C)c2)C(C)C)cc1. The summed E-state index contributed by atoms with van der Waals surface area (Å²) in [5.41, 5.74) is 3.07. The number of nitrogens with one attached hydrogen (secondary N) is 2. The number of esters is 1. The van der Waals surface area contributed by atoms with Crippen molar-refractivity contribution in [3.05, 3.63) is 59.2 Å². The first kappa shape index (κ1) is 22.9. The van der Waals surface area contributed by atoms with Gasteiger partial charge in [-0.2, -0.15) is 0 Å². The zero-order chi connectivity index (χ0) is 22.3. The van der Waals surface area contributed by atoms with Crippen LogP contribution in [0, 0.1) is 19.8 Å². The van der Waals surface area contributed by atoms with Crippen molar-refractivity contribution in [2.45, 2.75) is 33.7 Å². The first-order valence-corrected chi connectivity index (χ1v) is 9.69. The molecular formula is C23H28N2O5. The first-order valence-electron chi connectivity index (χ1n) is 9.69. The molecule has 1 atom stereocenters. The molecule has 7 nitrogen and oxygen atoms in total. The predicted molar refractivity (Wildman–Crippen MR) is 115 cm³/mol. The third kappa shape index (κ3) is 6.62. The lowest BCUT2D eigenvalue weighted by atomic mass is 10.0. The molecule has 2 rings (SSSR count). The summed E-state index contributed by atoms with van der Waals surface area (Å²) in [5.74, 6) is -1.11. The molecule has 0 saturated heterocycles. The maximum absolute atomic E-state index is 12.5. The predicted octanol–water partition coefficient (Wildman–Crippen LogP) is 3.25. The Kier molecular flexibility index (Phi) is 7.98. The van der Waals surface area contributed by atoms with Crippen LogP contribution in [-0.2, 0) is 14.3 Å². The van der Waals surface area contributed by atoms with Gasteiger partial charge in [0, 0.05) is 11.3 Å². The number of carbonyl (C=O) groups excluding carboxylic acids is 3. The summed E-state index contributed by atoms with van der Waals surface area (Å²) in [5, 5.41) is 5.38. The van der Waals surface area contributed by atoms with Gasteiger partial charge in [-0.05, 0) is 67.3 Å². The second-order valence-corrected chi connectivity index (χ2v) is 7.46. The van der Waals surface area contributed by atoms with Crippen LogP contribution >= 0.6 is 0 Å². The summed E-state index contributed by atoms with van der Waals surface area (Å²) < 4.78 is 10.2. The van der Waals surface area contributed by atoms with Crippen molar-refractivity contribution in [3.8, 4) is 5.75 Å². The minimum Gasteiger partial charge on any atom is -0.497 e. The summed E-state index contributed by atoms with van der Waals surface area (Å²) in [6.45, 7) is 7.00. The lowest BCUT2D eigenvalue weighted by Gasteiger charge is -2.21. The lowest BCUT2D eigenvalue weighted by molar-refractivity contribution is -0.150. The number of aryl methyl sites for hydroxylation is 2. The molecule has 0 fully saturated rings. The van der Waals surface area contributed by atoms with E-state index in [9.17, 15) is 14.4 Å². The van der Waals surface area contributed by atoms with Gasteiger partial charge in [0.2, 0.25) is 0 Å². The molecular weight excluding hydrogens is 384 g/mol. The minimum atomic E-state index is -0.881. The van der Waals surface area contributed by atoms with Crippen LogP contribution in [0.2, 0.25) is 0 Å². The molecule has 0 spiro atoms. The normalized spacial score (nSPS) is 11.5. The number of ether oxygens (including phenoxy) is 2. The second kappa shape index (κ2) is 10.4. The van der Waals surface area contributed by atoms with Crippen LogP contribution in [0.1, 0.15) is 35.3 Å². The second-order valence-electron chi connectivity index (χ2n) is 7.46. The molecule has 0 bridgehead atoms. The fraction of sp³-hybridized carbons (Fsp3) is 0.348. The average Bonchev–Trinajstić information content (AvgIpc) is 2.69. The summed E-state index contributed by atoms with van der Waals surface area (Å²) >= 11 is 0. The molecule has 0 aliphatic carbocycles. The highest BCUT2D eigenvalue weighted by atomic mass is 16.5. The van der Waals surface area contributed by atoms with Gasteiger partial charge in [0.1, 0.15) is 11.8 Å². The number of carbonyl (C=O) groups is 3. The molecule has 0 heterocycles. The highest BCUT2D eigenvalue weighted by Gasteiger charge is 2.26. The van der Waals surface area contributed by atoms with Gasteiger partial charge >= 0.3 is 5.97 Å². The first-order chi connectivity index (χ1) is 14.2. The lowest BCUT2D eigenvalue weighted by Crippen LogP contribution is -2.45. The van der Waals surface area contributed by atoms with Crippen LogP contribution in [0.25, 0.3) is 0 Å². The molecule has 0 saturated carbocycles. The summed E-state index contributed by atoms with van der Waals surface area (Å²) in [6, 6.07) is 11.3. The molecule has 160 valence electrons. The van der Waals surface area contributed by atoms with Gasteiger partial charge in [0.05, 0.1) is 7.11 Å². The van der Waals surface area contributed by atoms with Crippen LogP contribution in [0.15, 0.2) is 42.5 Å². The van der Waals surface area contributed by atoms with Gasteiger partial charge in [-0.3, -0.25) is 9.59 Å². The van der Waals surface area contributed by atoms with E-state index in [0.29, 0.717) is 17.0 Å². The molecule has 2 aromatic carbocycles. The monoisotopic (exact) mass is 412 g/mol. The Morgan fingerprint density at radius 2 is 1.57 bits per heavy atom. The Morgan fingerprint density at radius 1 is 0.967 bits per heavy atom. The van der Waals surface area contributed by atoms with Gasteiger partial charge in [0.15, 0.2) is 6.61 Å². The minimum absolute atomic E-state index is 0.220. The van der Waals surface area contributed by atoms with Gasteiger partial charge in [-0.15, -0.1) is 0 Å². The third-order valence-electron chi connectivity index (χ3n) is 4.41. The maximum Gasteiger partial charge on any atom is 0.329 e. The fourth-order valence-electron chi connectivity index (χ4n) is 2.94. The van der Waals surface area contributed by atoms with Crippen LogP contribution in [0.3, 0.4) is 0 Å². The highest BCUT2D eigenvalue weighted by Crippen LogP contribution is 2.14. The number of methoxy groups -OCH3 is 1. The zero-order valence-corrected chi connectivity index (χ0v) is 17.9. The Bertz CT molecular complexity index is 886. The molecule has 0 aromatic heterocycles. The van der Waals surface area contributed by atoms with Gasteiger partial charge in [-0.1, -0.05) is 19.9 Å². The third-order valence-corrected chi connectivity index (χ3v) is 4.41. The number of amides is 2. The van der Waals surface area contributed by atoms with Crippen molar-refractivity contribution < 1.29 is 23.9 Å². The smallest absolute Gasteiger partial charge is 0.329 e. The summed E-state index contributed by atoms with van der Waals surface area (Å²) in [6.07, 6.45) is 0. The zero-order valence-electron chi connectivity index (χ0n) is 17.9. The van der Waals surface area contributed by atoms with Crippen molar-refractivity contribution in [2.24, 2.45) is 5.92 Å². The van der Waals surface area contributed by atoms with Crippen LogP contribution < -0.4 is 15.4 Å². The summed E-state index contributed by atoms with van der Waals surface area (Å²) in [7, 11) is 1.54. The van der Waals surface area contributed by atoms with Gasteiger partial charge in [0.25, 0.3) is 11.8 Å². The summed E-state index contributed by atoms with van der Waals surface area (Å²) in [4.78, 5) is 37.1. The van der Waals surface area contributed by atoms with Crippen molar-refractivity contribution in [2.75, 3.05) is 19.0 Å². The molecule has 7 heteroatoms. The van der Waals surface area contributed by atoms with E-state index in [1.165, 1.54) is 7.11 Å². The van der Waals surface area contributed by atoms with E-state index in [1.807, 2.05) is 32.0 Å². The van der Waals surface area contributed by atoms with E-state index in [4.69, 9.17) is 9.47 Å². The highest BCUT2D eigenvalue weighted by molar-refractivity contribution is 5.97. The Balaban J connectivity index is 1.94. The van der Waals surface area contributed by atoms with Crippen molar-refractivity contribution in [1.82, 2.24) is 5.32 Å². The number of hydrogen-bond donors (Lipinski definition) is 2. The Morgan fingerprint density at radius 3 is 2.10 bits per heavy atom. The molecule has 2 N–H and O–H groups in total. The standard InChI is InChI=1S/C23H28N2O5/c1-14(2)21(25-22(27)17-6-8-19(29-5)9-7-17)23(28)30-13-20(26)24-18-11-15(3)10-16(4)12-18/h6-12,14,21H,13H2,1-5H3,(H,24,26)(H,25,27)/t21-/m0/s1. The number of rotatable bonds is 8. The number of anilines is 1. The van der Waals surface area contributed by atoms with E-state index in [0.717, 1.165) is 11.1 Å². The maximum atomic E-state index is 12.5. The van der Waals surface area contributed by atoms with E-state index < -0.39 is 30.4 Å². The van der Waals surface area contributed by atoms with Crippen LogP contribution in [-0.4, -0.2) is 37.5 Å². The molecule has 0 aliphatic rings. The molecule has 0 unspecified atom stereocenters. The number of benzene rings is 2. The largest absolute Gasteiger partial charge is 0.497 e. The van der Waals surface area contributed by atoms with Crippen LogP contribution in [0.4, 0.5) is 5.69 Å². The van der Waals surface area contributed by atoms with Crippen molar-refractivity contribution >= 4 is 23.5 Å². The fourth-order valence-corrected chi connectivity index (χ4v) is 2.94. The Labute approximate surface area is 176 Å². The van der Waals surface area contributed by atoms with Crippen molar-refractivity contribution in [3.63, 3.8) is 0 Å². The van der Waals surface area contributed by atoms with E-state index in [2.05, 4.69) is 10.6 Å². The van der Waals surface area contributed by atoms with E-state index in [1.54, 1.807) is 38.1 Å². The molecule has 0 aliphatic heterocycles. The van der Waals surface area contributed by atoms with Crippen LogP contribution in [0.5, 0.6) is 5.75 Å². The number of hydrogen-bond acceptors (Lipinski definition) is 5. The van der Waals surface area contributed by atoms with Gasteiger partial charge in [-0.25, -0.2) is 4.79 Å². The quantitative estimate of drug-likeness (QED) is 0.649. The molecule has 2 aromatic rings. The van der Waals surface area contributed by atoms with E-state index in [-0.39, 0.29) is 5.92 Å². The molecule has 0 radical (unpaired) electrons. The molecule has 2 amide bonds. The Hall–Kier alpha value is -3.35. The average molecular weight is 412 g/mol. The van der Waals surface area contributed by atoms with Gasteiger partial charge < -0.3 is 20.1 Å². The van der Waals surface area contributed by atoms with Crippen molar-refractivity contribution in [1.29, 1.82) is 0 Å². The topological polar surface area (TPSA) is 93.7 Å².